The van der Waals surface area contributed by atoms with Crippen LogP contribution in [0.5, 0.6) is 0 Å². The van der Waals surface area contributed by atoms with Crippen LogP contribution in [0.4, 0.5) is 4.79 Å². The molecular weight excluding hydrogens is 316 g/mol. The Labute approximate surface area is 149 Å². The summed E-state index contributed by atoms with van der Waals surface area (Å²) in [6.07, 6.45) is 5.66. The molecule has 0 aromatic heterocycles. The summed E-state index contributed by atoms with van der Waals surface area (Å²) >= 11 is 0. The minimum Gasteiger partial charge on any atom is -0.348 e. The van der Waals surface area contributed by atoms with Crippen molar-refractivity contribution in [2.75, 3.05) is 40.3 Å². The van der Waals surface area contributed by atoms with E-state index in [1.54, 1.807) is 19.0 Å². The summed E-state index contributed by atoms with van der Waals surface area (Å²) < 4.78 is 0. The maximum absolute atomic E-state index is 11.9. The molecule has 1 aromatic rings. The summed E-state index contributed by atoms with van der Waals surface area (Å²) in [5, 5.41) is 5.86. The fraction of sp³-hybridized carbons (Fsp3) is 0.474. The second kappa shape index (κ2) is 9.84. The number of nitrogens with zero attached hydrogens (tertiary/aromatic N) is 2. The van der Waals surface area contributed by atoms with Crippen molar-refractivity contribution in [3.8, 4) is 0 Å². The van der Waals surface area contributed by atoms with Crippen LogP contribution in [0.3, 0.4) is 0 Å². The van der Waals surface area contributed by atoms with Crippen LogP contribution in [-0.4, -0.2) is 68.1 Å². The Kier molecular flexibility index (Phi) is 7.47. The number of carbonyl (C=O) groups is 2. The number of likely N-dealkylation sites (N-methyl/N-ethyl adjacent to an activating group) is 1. The van der Waals surface area contributed by atoms with Gasteiger partial charge in [0.15, 0.2) is 0 Å². The zero-order valence-corrected chi connectivity index (χ0v) is 15.1. The van der Waals surface area contributed by atoms with E-state index in [0.29, 0.717) is 13.1 Å². The molecule has 6 nitrogen and oxygen atoms in total. The average molecular weight is 344 g/mol. The topological polar surface area (TPSA) is 64.7 Å². The predicted octanol–water partition coefficient (Wildman–Crippen LogP) is 1.55. The van der Waals surface area contributed by atoms with Gasteiger partial charge >= 0.3 is 6.03 Å². The van der Waals surface area contributed by atoms with Crippen molar-refractivity contribution in [2.45, 2.75) is 18.9 Å². The normalized spacial score (nSPS) is 15.9. The zero-order valence-electron chi connectivity index (χ0n) is 15.1. The first-order chi connectivity index (χ1) is 12.0. The van der Waals surface area contributed by atoms with Gasteiger partial charge in [-0.1, -0.05) is 42.5 Å². The lowest BCUT2D eigenvalue weighted by atomic mass is 10.1. The highest BCUT2D eigenvalue weighted by Crippen LogP contribution is 2.10. The van der Waals surface area contributed by atoms with Crippen molar-refractivity contribution in [1.82, 2.24) is 20.4 Å². The molecule has 0 saturated carbocycles. The van der Waals surface area contributed by atoms with Crippen LogP contribution >= 0.6 is 0 Å². The fourth-order valence-electron chi connectivity index (χ4n) is 2.72. The third kappa shape index (κ3) is 6.97. The molecular formula is C19H28N4O2. The number of benzene rings is 1. The van der Waals surface area contributed by atoms with Crippen LogP contribution in [-0.2, 0) is 4.79 Å². The molecule has 2 N–H and O–H groups in total. The molecule has 1 saturated heterocycles. The molecule has 1 heterocycles. The number of nitrogens with one attached hydrogen (secondary N) is 2. The number of likely N-dealkylation sites (tertiary alicyclic amines) is 1. The third-order valence-corrected chi connectivity index (χ3v) is 4.27. The smallest absolute Gasteiger partial charge is 0.315 e. The summed E-state index contributed by atoms with van der Waals surface area (Å²) in [5.41, 5.74) is 1.12. The highest BCUT2D eigenvalue weighted by Gasteiger charge is 2.22. The molecule has 6 heteroatoms. The highest BCUT2D eigenvalue weighted by molar-refractivity contribution is 5.77. The average Bonchev–Trinajstić information content (AvgIpc) is 2.61. The Morgan fingerprint density at radius 1 is 1.20 bits per heavy atom. The number of rotatable bonds is 6. The van der Waals surface area contributed by atoms with Crippen LogP contribution in [0.15, 0.2) is 36.4 Å². The molecule has 2 rings (SSSR count). The lowest BCUT2D eigenvalue weighted by molar-refractivity contribution is -0.130. The van der Waals surface area contributed by atoms with E-state index in [-0.39, 0.29) is 18.0 Å². The van der Waals surface area contributed by atoms with Crippen molar-refractivity contribution in [3.63, 3.8) is 0 Å². The molecule has 1 aliphatic heterocycles. The summed E-state index contributed by atoms with van der Waals surface area (Å²) in [7, 11) is 3.54. The molecule has 0 atom stereocenters. The van der Waals surface area contributed by atoms with E-state index in [1.165, 1.54) is 0 Å². The first-order valence-electron chi connectivity index (χ1n) is 8.73. The monoisotopic (exact) mass is 344 g/mol. The molecule has 0 unspecified atom stereocenters. The van der Waals surface area contributed by atoms with Crippen molar-refractivity contribution >= 4 is 18.0 Å². The largest absolute Gasteiger partial charge is 0.348 e. The van der Waals surface area contributed by atoms with Crippen molar-refractivity contribution in [2.24, 2.45) is 0 Å². The van der Waals surface area contributed by atoms with Gasteiger partial charge in [0.05, 0.1) is 6.54 Å². The predicted molar refractivity (Wildman–Crippen MR) is 100 cm³/mol. The Morgan fingerprint density at radius 2 is 1.88 bits per heavy atom. The van der Waals surface area contributed by atoms with Crippen LogP contribution < -0.4 is 10.6 Å². The SMILES string of the molecule is CN(C)C(=O)CN1CCC(NC(=O)NCC=Cc2ccccc2)CC1. The first kappa shape index (κ1) is 19.0. The van der Waals surface area contributed by atoms with Crippen LogP contribution in [0.25, 0.3) is 6.08 Å². The van der Waals surface area contributed by atoms with E-state index in [9.17, 15) is 9.59 Å². The number of amides is 3. The Balaban J connectivity index is 1.62. The number of piperidine rings is 1. The van der Waals surface area contributed by atoms with E-state index >= 15 is 0 Å². The van der Waals surface area contributed by atoms with Crippen LogP contribution in [0, 0.1) is 0 Å². The Hall–Kier alpha value is -2.34. The molecule has 136 valence electrons. The summed E-state index contributed by atoms with van der Waals surface area (Å²) in [6, 6.07) is 10.0. The molecule has 0 spiro atoms. The van der Waals surface area contributed by atoms with E-state index in [2.05, 4.69) is 15.5 Å². The van der Waals surface area contributed by atoms with Crippen LogP contribution in [0.1, 0.15) is 18.4 Å². The minimum atomic E-state index is -0.138. The van der Waals surface area contributed by atoms with Crippen molar-refractivity contribution in [1.29, 1.82) is 0 Å². The molecule has 1 aromatic carbocycles. The quantitative estimate of drug-likeness (QED) is 0.823. The van der Waals surface area contributed by atoms with Gasteiger partial charge in [0.25, 0.3) is 0 Å². The van der Waals surface area contributed by atoms with Gasteiger partial charge in [-0.05, 0) is 18.4 Å². The van der Waals surface area contributed by atoms with E-state index < -0.39 is 0 Å². The van der Waals surface area contributed by atoms with Gasteiger partial charge in [0, 0.05) is 39.8 Å². The van der Waals surface area contributed by atoms with Gasteiger partial charge in [-0.2, -0.15) is 0 Å². The lowest BCUT2D eigenvalue weighted by Crippen LogP contribution is -2.49. The maximum Gasteiger partial charge on any atom is 0.315 e. The molecule has 25 heavy (non-hydrogen) atoms. The van der Waals surface area contributed by atoms with E-state index in [1.807, 2.05) is 42.5 Å². The number of hydrogen-bond donors (Lipinski definition) is 2. The molecule has 1 aliphatic rings. The maximum atomic E-state index is 11.9. The van der Waals surface area contributed by atoms with Gasteiger partial charge in [-0.15, -0.1) is 0 Å². The Bertz CT molecular complexity index is 578. The number of urea groups is 1. The first-order valence-corrected chi connectivity index (χ1v) is 8.73. The summed E-state index contributed by atoms with van der Waals surface area (Å²) in [5.74, 6) is 0.120. The van der Waals surface area contributed by atoms with Crippen molar-refractivity contribution < 1.29 is 9.59 Å². The van der Waals surface area contributed by atoms with E-state index in [4.69, 9.17) is 0 Å². The van der Waals surface area contributed by atoms with Gasteiger partial charge in [-0.25, -0.2) is 4.79 Å². The minimum absolute atomic E-state index is 0.120. The molecule has 0 bridgehead atoms. The molecule has 3 amide bonds. The number of carbonyl (C=O) groups excluding carboxylic acids is 2. The van der Waals surface area contributed by atoms with E-state index in [0.717, 1.165) is 31.5 Å². The fourth-order valence-corrected chi connectivity index (χ4v) is 2.72. The van der Waals surface area contributed by atoms with Gasteiger partial charge in [-0.3, -0.25) is 9.69 Å². The van der Waals surface area contributed by atoms with Crippen molar-refractivity contribution in [3.05, 3.63) is 42.0 Å². The number of hydrogen-bond acceptors (Lipinski definition) is 3. The molecule has 0 aliphatic carbocycles. The second-order valence-corrected chi connectivity index (χ2v) is 6.51. The lowest BCUT2D eigenvalue weighted by Gasteiger charge is -2.32. The zero-order chi connectivity index (χ0) is 18.1. The van der Waals surface area contributed by atoms with Gasteiger partial charge in [0.2, 0.25) is 5.91 Å². The van der Waals surface area contributed by atoms with Gasteiger partial charge < -0.3 is 15.5 Å². The molecule has 0 radical (unpaired) electrons. The Morgan fingerprint density at radius 3 is 2.52 bits per heavy atom. The van der Waals surface area contributed by atoms with Crippen LogP contribution in [0.2, 0.25) is 0 Å². The summed E-state index contributed by atoms with van der Waals surface area (Å²) in [6.45, 7) is 2.62. The standard InChI is InChI=1S/C19H28N4O2/c1-22(2)18(24)15-23-13-10-17(11-14-23)21-19(25)20-12-6-9-16-7-4-3-5-8-16/h3-9,17H,10-15H2,1-2H3,(H2,20,21,25). The molecule has 1 fully saturated rings. The second-order valence-electron chi connectivity index (χ2n) is 6.51. The summed E-state index contributed by atoms with van der Waals surface area (Å²) in [4.78, 5) is 27.4. The van der Waals surface area contributed by atoms with Gasteiger partial charge in [0.1, 0.15) is 0 Å². The highest BCUT2D eigenvalue weighted by atomic mass is 16.2. The third-order valence-electron chi connectivity index (χ3n) is 4.27.